The number of carbonyl (C=O) groups is 2. The van der Waals surface area contributed by atoms with Gasteiger partial charge >= 0.3 is 12.1 Å². The molecule has 2 unspecified atom stereocenters. The molecule has 92 valence electrons. The number of ketones is 1. The van der Waals surface area contributed by atoms with Gasteiger partial charge in [-0.25, -0.2) is 0 Å². The van der Waals surface area contributed by atoms with Gasteiger partial charge in [0.1, 0.15) is 5.78 Å². The number of rotatable bonds is 2. The average molecular weight is 238 g/mol. The minimum Gasteiger partial charge on any atom is -0.466 e. The highest BCUT2D eigenvalue weighted by Crippen LogP contribution is 2.40. The monoisotopic (exact) mass is 238 g/mol. The molecule has 1 aliphatic rings. The number of esters is 1. The lowest BCUT2D eigenvalue weighted by atomic mass is 9.78. The Morgan fingerprint density at radius 1 is 1.50 bits per heavy atom. The summed E-state index contributed by atoms with van der Waals surface area (Å²) in [6.07, 6.45) is -5.17. The fourth-order valence-electron chi connectivity index (χ4n) is 1.88. The van der Waals surface area contributed by atoms with Crippen molar-refractivity contribution in [2.24, 2.45) is 11.8 Å². The summed E-state index contributed by atoms with van der Waals surface area (Å²) in [5, 5.41) is 0. The van der Waals surface area contributed by atoms with Crippen molar-refractivity contribution in [3.8, 4) is 0 Å². The molecule has 0 N–H and O–H groups in total. The molecule has 1 rings (SSSR count). The molecule has 1 aliphatic carbocycles. The van der Waals surface area contributed by atoms with Crippen molar-refractivity contribution in [1.29, 1.82) is 0 Å². The normalized spacial score (nSPS) is 26.6. The number of hydrogen-bond donors (Lipinski definition) is 0. The van der Waals surface area contributed by atoms with E-state index in [1.807, 2.05) is 0 Å². The first-order chi connectivity index (χ1) is 7.36. The Morgan fingerprint density at radius 2 is 2.12 bits per heavy atom. The smallest absolute Gasteiger partial charge is 0.393 e. The zero-order valence-corrected chi connectivity index (χ0v) is 8.84. The van der Waals surface area contributed by atoms with Crippen LogP contribution < -0.4 is 0 Å². The maximum atomic E-state index is 12.6. The fourth-order valence-corrected chi connectivity index (χ4v) is 1.88. The lowest BCUT2D eigenvalue weighted by Gasteiger charge is -2.30. The number of carbonyl (C=O) groups excluding carboxylic acids is 2. The lowest BCUT2D eigenvalue weighted by molar-refractivity contribution is -0.204. The van der Waals surface area contributed by atoms with Gasteiger partial charge in [-0.1, -0.05) is 0 Å². The molecule has 0 aromatic rings. The second-order valence-electron chi connectivity index (χ2n) is 3.79. The van der Waals surface area contributed by atoms with E-state index >= 15 is 0 Å². The lowest BCUT2D eigenvalue weighted by Crippen LogP contribution is -2.40. The largest absolute Gasteiger partial charge is 0.466 e. The van der Waals surface area contributed by atoms with Crippen molar-refractivity contribution in [2.75, 3.05) is 6.61 Å². The van der Waals surface area contributed by atoms with Crippen LogP contribution in [0.5, 0.6) is 0 Å². The Morgan fingerprint density at radius 3 is 2.62 bits per heavy atom. The second kappa shape index (κ2) is 4.84. The third-order valence-electron chi connectivity index (χ3n) is 2.68. The van der Waals surface area contributed by atoms with Gasteiger partial charge in [-0.3, -0.25) is 9.59 Å². The zero-order chi connectivity index (χ0) is 12.3. The summed E-state index contributed by atoms with van der Waals surface area (Å²) < 4.78 is 42.4. The highest BCUT2D eigenvalue weighted by Gasteiger charge is 2.50. The highest BCUT2D eigenvalue weighted by molar-refractivity contribution is 5.83. The van der Waals surface area contributed by atoms with Gasteiger partial charge in [0, 0.05) is 12.8 Å². The molecule has 6 heteroatoms. The van der Waals surface area contributed by atoms with Gasteiger partial charge in [0.15, 0.2) is 0 Å². The van der Waals surface area contributed by atoms with Crippen LogP contribution in [0.1, 0.15) is 26.2 Å². The molecule has 0 spiro atoms. The van der Waals surface area contributed by atoms with E-state index in [1.54, 1.807) is 0 Å². The van der Waals surface area contributed by atoms with E-state index in [1.165, 1.54) is 6.92 Å². The van der Waals surface area contributed by atoms with E-state index in [0.29, 0.717) is 0 Å². The van der Waals surface area contributed by atoms with Gasteiger partial charge in [0.2, 0.25) is 0 Å². The molecule has 16 heavy (non-hydrogen) atoms. The number of halogens is 3. The second-order valence-corrected chi connectivity index (χ2v) is 3.79. The topological polar surface area (TPSA) is 43.4 Å². The van der Waals surface area contributed by atoms with Gasteiger partial charge in [-0.2, -0.15) is 13.2 Å². The molecule has 0 radical (unpaired) electrons. The molecule has 0 aromatic heterocycles. The molecular weight excluding hydrogens is 225 g/mol. The molecule has 0 amide bonds. The SMILES string of the molecule is CCOC(=O)C1CCC(=O)CC1C(F)(F)F. The summed E-state index contributed by atoms with van der Waals surface area (Å²) in [4.78, 5) is 22.3. The Hall–Kier alpha value is -1.07. The van der Waals surface area contributed by atoms with Gasteiger partial charge in [0.05, 0.1) is 18.4 Å². The van der Waals surface area contributed by atoms with E-state index in [2.05, 4.69) is 4.74 Å². The summed E-state index contributed by atoms with van der Waals surface area (Å²) in [5.74, 6) is -4.40. The summed E-state index contributed by atoms with van der Waals surface area (Å²) in [7, 11) is 0. The van der Waals surface area contributed by atoms with Crippen LogP contribution in [0, 0.1) is 11.8 Å². The molecule has 0 heterocycles. The predicted octanol–water partition coefficient (Wildman–Crippen LogP) is 2.10. The third kappa shape index (κ3) is 2.96. The highest BCUT2D eigenvalue weighted by atomic mass is 19.4. The molecule has 1 saturated carbocycles. The van der Waals surface area contributed by atoms with Gasteiger partial charge < -0.3 is 4.74 Å². The standard InChI is InChI=1S/C10H13F3O3/c1-2-16-9(15)7-4-3-6(14)5-8(7)10(11,12)13/h7-8H,2-5H2,1H3. The van der Waals surface area contributed by atoms with Crippen molar-refractivity contribution in [3.05, 3.63) is 0 Å². The summed E-state index contributed by atoms with van der Waals surface area (Å²) in [6.45, 7) is 1.59. The number of Topliss-reactive ketones (excluding diaryl/α,β-unsaturated/α-hetero) is 1. The third-order valence-corrected chi connectivity index (χ3v) is 2.68. The van der Waals surface area contributed by atoms with Crippen LogP contribution in [0.25, 0.3) is 0 Å². The summed E-state index contributed by atoms with van der Waals surface area (Å²) in [6, 6.07) is 0. The maximum absolute atomic E-state index is 12.6. The first-order valence-corrected chi connectivity index (χ1v) is 5.11. The fraction of sp³-hybridized carbons (Fsp3) is 0.800. The van der Waals surface area contributed by atoms with Crippen LogP contribution in [0.4, 0.5) is 13.2 Å². The number of ether oxygens (including phenoxy) is 1. The average Bonchev–Trinajstić information content (AvgIpc) is 2.16. The van der Waals surface area contributed by atoms with Gasteiger partial charge in [-0.05, 0) is 13.3 Å². The van der Waals surface area contributed by atoms with E-state index in [0.717, 1.165) is 0 Å². The Labute approximate surface area is 91.0 Å². The molecule has 0 aliphatic heterocycles. The zero-order valence-electron chi connectivity index (χ0n) is 8.84. The van der Waals surface area contributed by atoms with Crippen molar-refractivity contribution < 1.29 is 27.5 Å². The van der Waals surface area contributed by atoms with Gasteiger partial charge in [0.25, 0.3) is 0 Å². The molecule has 3 nitrogen and oxygen atoms in total. The molecule has 2 atom stereocenters. The van der Waals surface area contributed by atoms with E-state index in [9.17, 15) is 22.8 Å². The molecule has 1 fully saturated rings. The molecule has 0 aromatic carbocycles. The van der Waals surface area contributed by atoms with Crippen molar-refractivity contribution >= 4 is 11.8 Å². The molecule has 0 bridgehead atoms. The van der Waals surface area contributed by atoms with Crippen LogP contribution >= 0.6 is 0 Å². The molecule has 0 saturated heterocycles. The van der Waals surface area contributed by atoms with Crippen LogP contribution in [0.3, 0.4) is 0 Å². The first kappa shape index (κ1) is 13.0. The summed E-state index contributed by atoms with van der Waals surface area (Å²) in [5.41, 5.74) is 0. The van der Waals surface area contributed by atoms with E-state index < -0.39 is 36.2 Å². The minimum atomic E-state index is -4.52. The number of alkyl halides is 3. The van der Waals surface area contributed by atoms with Crippen LogP contribution in [0.2, 0.25) is 0 Å². The van der Waals surface area contributed by atoms with Gasteiger partial charge in [-0.15, -0.1) is 0 Å². The molecular formula is C10H13F3O3. The van der Waals surface area contributed by atoms with Crippen molar-refractivity contribution in [2.45, 2.75) is 32.4 Å². The predicted molar refractivity (Wildman–Crippen MR) is 48.5 cm³/mol. The Balaban J connectivity index is 2.80. The quantitative estimate of drug-likeness (QED) is 0.692. The number of hydrogen-bond acceptors (Lipinski definition) is 3. The first-order valence-electron chi connectivity index (χ1n) is 5.11. The van der Waals surface area contributed by atoms with Crippen LogP contribution in [0.15, 0.2) is 0 Å². The maximum Gasteiger partial charge on any atom is 0.393 e. The summed E-state index contributed by atoms with van der Waals surface area (Å²) >= 11 is 0. The van der Waals surface area contributed by atoms with Crippen molar-refractivity contribution in [3.63, 3.8) is 0 Å². The Bertz CT molecular complexity index is 286. The minimum absolute atomic E-state index is 0.0239. The Kier molecular flexibility index (Phi) is 3.93. The van der Waals surface area contributed by atoms with Crippen LogP contribution in [-0.4, -0.2) is 24.5 Å². The van der Waals surface area contributed by atoms with Crippen LogP contribution in [-0.2, 0) is 14.3 Å². The van der Waals surface area contributed by atoms with E-state index in [-0.39, 0.29) is 19.4 Å². The van der Waals surface area contributed by atoms with Crippen molar-refractivity contribution in [1.82, 2.24) is 0 Å². The van der Waals surface area contributed by atoms with E-state index in [4.69, 9.17) is 0 Å².